The molecular weight excluding hydrogens is 388 g/mol. The summed E-state index contributed by atoms with van der Waals surface area (Å²) >= 11 is 0. The summed E-state index contributed by atoms with van der Waals surface area (Å²) in [4.78, 5) is 25.6. The Balaban J connectivity index is 1.62. The Kier molecular flexibility index (Phi) is 5.67. The van der Waals surface area contributed by atoms with Gasteiger partial charge in [0, 0.05) is 17.1 Å². The van der Waals surface area contributed by atoms with Crippen LogP contribution in [0.5, 0.6) is 0 Å². The number of hydrogen-bond donors (Lipinski definition) is 2. The predicted octanol–water partition coefficient (Wildman–Crippen LogP) is 5.95. The minimum Gasteiger partial charge on any atom is -0.449 e. The molecule has 0 aliphatic carbocycles. The minimum absolute atomic E-state index is 0.0564. The van der Waals surface area contributed by atoms with Gasteiger partial charge in [0.2, 0.25) is 11.7 Å². The highest BCUT2D eigenvalue weighted by atomic mass is 16.3. The summed E-state index contributed by atoms with van der Waals surface area (Å²) in [6, 6.07) is 22.4. The van der Waals surface area contributed by atoms with Gasteiger partial charge in [0.15, 0.2) is 0 Å². The van der Waals surface area contributed by atoms with Crippen molar-refractivity contribution in [1.82, 2.24) is 0 Å². The molecule has 0 saturated heterocycles. The third-order valence-corrected chi connectivity index (χ3v) is 5.04. The summed E-state index contributed by atoms with van der Waals surface area (Å²) in [6.07, 6.45) is 3.15. The maximum Gasteiger partial charge on any atom is 0.293 e. The van der Waals surface area contributed by atoms with Gasteiger partial charge < -0.3 is 15.1 Å². The van der Waals surface area contributed by atoms with E-state index >= 15 is 0 Å². The zero-order chi connectivity index (χ0) is 21.8. The smallest absolute Gasteiger partial charge is 0.293 e. The van der Waals surface area contributed by atoms with Crippen LogP contribution >= 0.6 is 0 Å². The molecule has 5 nitrogen and oxygen atoms in total. The second kappa shape index (κ2) is 8.71. The monoisotopic (exact) mass is 410 g/mol. The predicted molar refractivity (Wildman–Crippen MR) is 124 cm³/mol. The number of hydrogen-bond acceptors (Lipinski definition) is 3. The highest BCUT2D eigenvalue weighted by Crippen LogP contribution is 2.31. The van der Waals surface area contributed by atoms with E-state index in [1.54, 1.807) is 12.1 Å². The first-order chi connectivity index (χ1) is 15.0. The fourth-order valence-corrected chi connectivity index (χ4v) is 3.24. The molecule has 0 aliphatic rings. The molecule has 0 fully saturated rings. The third kappa shape index (κ3) is 4.56. The van der Waals surface area contributed by atoms with Crippen LogP contribution in [0.25, 0.3) is 17.0 Å². The van der Waals surface area contributed by atoms with E-state index in [9.17, 15) is 9.59 Å². The van der Waals surface area contributed by atoms with E-state index in [-0.39, 0.29) is 11.7 Å². The van der Waals surface area contributed by atoms with E-state index in [0.29, 0.717) is 22.3 Å². The molecule has 0 unspecified atom stereocenters. The van der Waals surface area contributed by atoms with Crippen molar-refractivity contribution in [2.24, 2.45) is 0 Å². The number of aryl methyl sites for hydroxylation is 2. The van der Waals surface area contributed by atoms with Gasteiger partial charge in [-0.15, -0.1) is 0 Å². The zero-order valence-corrected chi connectivity index (χ0v) is 17.3. The van der Waals surface area contributed by atoms with Crippen molar-refractivity contribution in [2.45, 2.75) is 13.8 Å². The van der Waals surface area contributed by atoms with Crippen molar-refractivity contribution >= 4 is 40.2 Å². The summed E-state index contributed by atoms with van der Waals surface area (Å²) in [5, 5.41) is 6.33. The average molecular weight is 410 g/mol. The first-order valence-electron chi connectivity index (χ1n) is 9.95. The van der Waals surface area contributed by atoms with Gasteiger partial charge in [0.25, 0.3) is 5.91 Å². The van der Waals surface area contributed by atoms with Crippen LogP contribution in [0.1, 0.15) is 27.2 Å². The lowest BCUT2D eigenvalue weighted by Crippen LogP contribution is -2.16. The standard InChI is InChI=1S/C26H22N2O3/c1-17-12-14-20(16-18(17)2)27-26(30)25-24(21-10-6-7-11-22(21)31-25)28-23(29)15-13-19-8-4-3-5-9-19/h3-16H,1-2H3,(H,27,30)(H,28,29)/b15-13+. The second-order valence-corrected chi connectivity index (χ2v) is 7.29. The maximum absolute atomic E-state index is 13.0. The van der Waals surface area contributed by atoms with E-state index in [1.165, 1.54) is 6.08 Å². The van der Waals surface area contributed by atoms with Crippen molar-refractivity contribution in [3.05, 3.63) is 101 Å². The summed E-state index contributed by atoms with van der Waals surface area (Å²) in [5.41, 5.74) is 4.65. The lowest BCUT2D eigenvalue weighted by atomic mass is 10.1. The largest absolute Gasteiger partial charge is 0.449 e. The normalized spacial score (nSPS) is 11.0. The lowest BCUT2D eigenvalue weighted by Gasteiger charge is -2.08. The van der Waals surface area contributed by atoms with Gasteiger partial charge in [-0.1, -0.05) is 48.5 Å². The summed E-state index contributed by atoms with van der Waals surface area (Å²) < 4.78 is 5.80. The van der Waals surface area contributed by atoms with Crippen LogP contribution in [0, 0.1) is 13.8 Å². The van der Waals surface area contributed by atoms with Crippen molar-refractivity contribution in [3.8, 4) is 0 Å². The molecule has 2 N–H and O–H groups in total. The quantitative estimate of drug-likeness (QED) is 0.399. The van der Waals surface area contributed by atoms with Crippen molar-refractivity contribution in [1.29, 1.82) is 0 Å². The second-order valence-electron chi connectivity index (χ2n) is 7.29. The molecule has 2 amide bonds. The molecule has 4 rings (SSSR count). The van der Waals surface area contributed by atoms with Crippen LogP contribution in [0.2, 0.25) is 0 Å². The minimum atomic E-state index is -0.429. The molecule has 1 heterocycles. The summed E-state index contributed by atoms with van der Waals surface area (Å²) in [5.74, 6) is -0.724. The topological polar surface area (TPSA) is 71.3 Å². The third-order valence-electron chi connectivity index (χ3n) is 5.04. The Morgan fingerprint density at radius 1 is 0.839 bits per heavy atom. The first-order valence-corrected chi connectivity index (χ1v) is 9.95. The Bertz CT molecular complexity index is 1290. The van der Waals surface area contributed by atoms with Crippen LogP contribution in [0.3, 0.4) is 0 Å². The highest BCUT2D eigenvalue weighted by Gasteiger charge is 2.22. The molecule has 5 heteroatoms. The van der Waals surface area contributed by atoms with Crippen LogP contribution in [-0.4, -0.2) is 11.8 Å². The number of amides is 2. The van der Waals surface area contributed by atoms with E-state index in [4.69, 9.17) is 4.42 Å². The molecule has 31 heavy (non-hydrogen) atoms. The number of furan rings is 1. The maximum atomic E-state index is 13.0. The van der Waals surface area contributed by atoms with Crippen LogP contribution in [0.15, 0.2) is 83.3 Å². The van der Waals surface area contributed by atoms with Crippen molar-refractivity contribution < 1.29 is 14.0 Å². The molecule has 154 valence electrons. The number of carbonyl (C=O) groups excluding carboxylic acids is 2. The van der Waals surface area contributed by atoms with Gasteiger partial charge in [-0.25, -0.2) is 0 Å². The Morgan fingerprint density at radius 2 is 1.58 bits per heavy atom. The van der Waals surface area contributed by atoms with Gasteiger partial charge in [0.05, 0.1) is 0 Å². The number of benzene rings is 3. The molecule has 1 aromatic heterocycles. The van der Waals surface area contributed by atoms with Crippen molar-refractivity contribution in [3.63, 3.8) is 0 Å². The molecule has 0 aliphatic heterocycles. The highest BCUT2D eigenvalue weighted by molar-refractivity contribution is 6.16. The van der Waals surface area contributed by atoms with Crippen molar-refractivity contribution in [2.75, 3.05) is 10.6 Å². The number of fused-ring (bicyclic) bond motifs is 1. The molecule has 0 bridgehead atoms. The Labute approximate surface area is 180 Å². The first kappa shape index (κ1) is 20.2. The average Bonchev–Trinajstić information content (AvgIpc) is 3.14. The van der Waals surface area contributed by atoms with E-state index in [1.807, 2.05) is 80.6 Å². The number of carbonyl (C=O) groups is 2. The van der Waals surface area contributed by atoms with Crippen LogP contribution in [0.4, 0.5) is 11.4 Å². The number of nitrogens with one attached hydrogen (secondary N) is 2. The Hall–Kier alpha value is -4.12. The fourth-order valence-electron chi connectivity index (χ4n) is 3.24. The number of rotatable bonds is 5. The van der Waals surface area contributed by atoms with Gasteiger partial charge in [0.1, 0.15) is 11.3 Å². The molecule has 3 aromatic carbocycles. The van der Waals surface area contributed by atoms with Gasteiger partial charge >= 0.3 is 0 Å². The van der Waals surface area contributed by atoms with Crippen LogP contribution < -0.4 is 10.6 Å². The van der Waals surface area contributed by atoms with Gasteiger partial charge in [-0.05, 0) is 60.9 Å². The summed E-state index contributed by atoms with van der Waals surface area (Å²) in [7, 11) is 0. The van der Waals surface area contributed by atoms with Gasteiger partial charge in [-0.2, -0.15) is 0 Å². The van der Waals surface area contributed by atoms with E-state index < -0.39 is 5.91 Å². The van der Waals surface area contributed by atoms with E-state index in [0.717, 1.165) is 16.7 Å². The summed E-state index contributed by atoms with van der Waals surface area (Å²) in [6.45, 7) is 3.99. The molecule has 0 spiro atoms. The van der Waals surface area contributed by atoms with Crippen LogP contribution in [-0.2, 0) is 4.79 Å². The molecule has 0 atom stereocenters. The lowest BCUT2D eigenvalue weighted by molar-refractivity contribution is -0.111. The SMILES string of the molecule is Cc1ccc(NC(=O)c2oc3ccccc3c2NC(=O)/C=C/c2ccccc2)cc1C. The molecule has 0 radical (unpaired) electrons. The molecule has 4 aromatic rings. The molecular formula is C26H22N2O3. The molecule has 0 saturated carbocycles. The van der Waals surface area contributed by atoms with Gasteiger partial charge in [-0.3, -0.25) is 9.59 Å². The fraction of sp³-hybridized carbons (Fsp3) is 0.0769. The number of anilines is 2. The zero-order valence-electron chi connectivity index (χ0n) is 17.3. The Morgan fingerprint density at radius 3 is 2.35 bits per heavy atom. The number of para-hydroxylation sites is 1. The van der Waals surface area contributed by atoms with E-state index in [2.05, 4.69) is 10.6 Å².